The first-order chi connectivity index (χ1) is 10.6. The predicted octanol–water partition coefficient (Wildman–Crippen LogP) is 1.84. The van der Waals surface area contributed by atoms with Crippen molar-refractivity contribution in [3.8, 4) is 5.75 Å². The maximum Gasteiger partial charge on any atom is 0.273 e. The molecule has 0 aliphatic heterocycles. The van der Waals surface area contributed by atoms with Gasteiger partial charge >= 0.3 is 0 Å². The van der Waals surface area contributed by atoms with Gasteiger partial charge < -0.3 is 10.4 Å². The predicted molar refractivity (Wildman–Crippen MR) is 84.5 cm³/mol. The Morgan fingerprint density at radius 1 is 1.09 bits per heavy atom. The normalized spacial score (nSPS) is 9.86. The summed E-state index contributed by atoms with van der Waals surface area (Å²) in [5, 5.41) is 12.6. The number of phenolic OH excluding ortho intramolecular Hbond substituents is 1. The Morgan fingerprint density at radius 3 is 2.45 bits per heavy atom. The van der Waals surface area contributed by atoms with Crippen molar-refractivity contribution in [3.05, 3.63) is 65.5 Å². The molecule has 0 aliphatic carbocycles. The highest BCUT2D eigenvalue weighted by Crippen LogP contribution is 2.14. The van der Waals surface area contributed by atoms with E-state index < -0.39 is 5.91 Å². The maximum absolute atomic E-state index is 12.8. The van der Waals surface area contributed by atoms with Crippen LogP contribution in [0.25, 0.3) is 0 Å². The van der Waals surface area contributed by atoms with E-state index in [9.17, 15) is 14.3 Å². The van der Waals surface area contributed by atoms with Gasteiger partial charge in [0.1, 0.15) is 11.6 Å². The van der Waals surface area contributed by atoms with Crippen molar-refractivity contribution in [1.29, 1.82) is 0 Å². The van der Waals surface area contributed by atoms with Gasteiger partial charge in [-0.15, -0.1) is 0 Å². The van der Waals surface area contributed by atoms with E-state index in [0.29, 0.717) is 6.54 Å². The zero-order valence-corrected chi connectivity index (χ0v) is 12.3. The number of hydrogen-bond donors (Lipinski definition) is 4. The number of rotatable bonds is 3. The average Bonchev–Trinajstić information content (AvgIpc) is 2.52. The summed E-state index contributed by atoms with van der Waals surface area (Å²) >= 11 is 5.01. The van der Waals surface area contributed by atoms with E-state index in [1.165, 1.54) is 24.3 Å². The van der Waals surface area contributed by atoms with Crippen molar-refractivity contribution in [2.24, 2.45) is 0 Å². The van der Waals surface area contributed by atoms with Crippen LogP contribution in [0.1, 0.15) is 15.9 Å². The summed E-state index contributed by atoms with van der Waals surface area (Å²) < 4.78 is 12.8. The summed E-state index contributed by atoms with van der Waals surface area (Å²) in [5.41, 5.74) is 5.88. The molecule has 1 amide bonds. The molecule has 5 nitrogen and oxygen atoms in total. The number of halogens is 1. The van der Waals surface area contributed by atoms with Gasteiger partial charge in [0.05, 0.1) is 5.56 Å². The molecule has 0 saturated heterocycles. The summed E-state index contributed by atoms with van der Waals surface area (Å²) in [6, 6.07) is 12.1. The van der Waals surface area contributed by atoms with Crippen molar-refractivity contribution in [1.82, 2.24) is 16.2 Å². The van der Waals surface area contributed by atoms with E-state index in [0.717, 1.165) is 5.56 Å². The lowest BCUT2D eigenvalue weighted by Gasteiger charge is -2.12. The van der Waals surface area contributed by atoms with Crippen LogP contribution in [0.4, 0.5) is 4.39 Å². The summed E-state index contributed by atoms with van der Waals surface area (Å²) in [4.78, 5) is 11.8. The van der Waals surface area contributed by atoms with Crippen LogP contribution in [0, 0.1) is 5.82 Å². The van der Waals surface area contributed by atoms with E-state index in [2.05, 4.69) is 16.2 Å². The molecule has 4 N–H and O–H groups in total. The molecular formula is C15H14FN3O2S. The fourth-order valence-corrected chi connectivity index (χ4v) is 1.80. The van der Waals surface area contributed by atoms with Crippen LogP contribution in [0.15, 0.2) is 48.5 Å². The zero-order chi connectivity index (χ0) is 15.9. The molecule has 0 aliphatic rings. The number of benzene rings is 2. The Balaban J connectivity index is 1.79. The molecule has 2 aromatic carbocycles. The fraction of sp³-hybridized carbons (Fsp3) is 0.0667. The van der Waals surface area contributed by atoms with Crippen molar-refractivity contribution >= 4 is 23.2 Å². The summed E-state index contributed by atoms with van der Waals surface area (Å²) in [7, 11) is 0. The van der Waals surface area contributed by atoms with Crippen LogP contribution in [0.5, 0.6) is 5.75 Å². The van der Waals surface area contributed by atoms with E-state index >= 15 is 0 Å². The lowest BCUT2D eigenvalue weighted by atomic mass is 10.2. The van der Waals surface area contributed by atoms with Crippen LogP contribution < -0.4 is 16.2 Å². The third-order valence-corrected chi connectivity index (χ3v) is 3.05. The quantitative estimate of drug-likeness (QED) is 0.513. The zero-order valence-electron chi connectivity index (χ0n) is 11.5. The molecule has 0 fully saturated rings. The number of thiocarbonyl (C=S) groups is 1. The van der Waals surface area contributed by atoms with Gasteiger partial charge in [0.15, 0.2) is 5.11 Å². The molecule has 0 radical (unpaired) electrons. The SMILES string of the molecule is O=C(NNC(=S)NCc1ccc(F)cc1)c1ccccc1O. The summed E-state index contributed by atoms with van der Waals surface area (Å²) in [6.07, 6.45) is 0. The second-order valence-corrected chi connectivity index (χ2v) is 4.81. The monoisotopic (exact) mass is 319 g/mol. The molecule has 0 saturated carbocycles. The third kappa shape index (κ3) is 4.42. The number of amides is 1. The fourth-order valence-electron chi connectivity index (χ4n) is 1.68. The maximum atomic E-state index is 12.8. The summed E-state index contributed by atoms with van der Waals surface area (Å²) in [6.45, 7) is 0.387. The Labute approximate surface area is 132 Å². The van der Waals surface area contributed by atoms with Gasteiger partial charge in [0.2, 0.25) is 0 Å². The number of carbonyl (C=O) groups is 1. The van der Waals surface area contributed by atoms with Crippen LogP contribution in [0.2, 0.25) is 0 Å². The highest BCUT2D eigenvalue weighted by molar-refractivity contribution is 7.80. The number of carbonyl (C=O) groups excluding carboxylic acids is 1. The van der Waals surface area contributed by atoms with Gasteiger partial charge in [-0.2, -0.15) is 0 Å². The van der Waals surface area contributed by atoms with Crippen LogP contribution in [0.3, 0.4) is 0 Å². The molecule has 0 unspecified atom stereocenters. The molecule has 0 aromatic heterocycles. The highest BCUT2D eigenvalue weighted by Gasteiger charge is 2.09. The van der Waals surface area contributed by atoms with Crippen molar-refractivity contribution in [2.45, 2.75) is 6.54 Å². The topological polar surface area (TPSA) is 73.4 Å². The number of hydrogen-bond acceptors (Lipinski definition) is 3. The Kier molecular flexibility index (Phi) is 5.26. The molecule has 0 atom stereocenters. The van der Waals surface area contributed by atoms with Gasteiger partial charge in [-0.1, -0.05) is 24.3 Å². The largest absolute Gasteiger partial charge is 0.507 e. The molecule has 0 spiro atoms. The number of aromatic hydroxyl groups is 1. The smallest absolute Gasteiger partial charge is 0.273 e. The van der Waals surface area contributed by atoms with E-state index in [1.54, 1.807) is 24.3 Å². The second-order valence-electron chi connectivity index (χ2n) is 4.41. The van der Waals surface area contributed by atoms with Crippen LogP contribution >= 0.6 is 12.2 Å². The first-order valence-corrected chi connectivity index (χ1v) is 6.83. The molecule has 22 heavy (non-hydrogen) atoms. The average molecular weight is 319 g/mol. The summed E-state index contributed by atoms with van der Waals surface area (Å²) in [5.74, 6) is -0.935. The molecule has 2 rings (SSSR count). The van der Waals surface area contributed by atoms with Crippen molar-refractivity contribution in [2.75, 3.05) is 0 Å². The number of phenols is 1. The standard InChI is InChI=1S/C15H14FN3O2S/c16-11-7-5-10(6-8-11)9-17-15(22)19-18-14(21)12-3-1-2-4-13(12)20/h1-8,20H,9H2,(H,18,21)(H2,17,19,22). The van der Waals surface area contributed by atoms with Crippen LogP contribution in [-0.2, 0) is 6.54 Å². The van der Waals surface area contributed by atoms with Crippen molar-refractivity contribution in [3.63, 3.8) is 0 Å². The first kappa shape index (κ1) is 15.7. The highest BCUT2D eigenvalue weighted by atomic mass is 32.1. The molecule has 0 heterocycles. The second kappa shape index (κ2) is 7.37. The Hall–Kier alpha value is -2.67. The van der Waals surface area contributed by atoms with E-state index in [-0.39, 0.29) is 22.2 Å². The van der Waals surface area contributed by atoms with Gasteiger partial charge in [-0.25, -0.2) is 4.39 Å². The molecule has 114 valence electrons. The third-order valence-electron chi connectivity index (χ3n) is 2.80. The van der Waals surface area contributed by atoms with Gasteiger partial charge in [0, 0.05) is 6.54 Å². The number of hydrazine groups is 1. The molecule has 7 heteroatoms. The minimum atomic E-state index is -0.510. The van der Waals surface area contributed by atoms with Crippen LogP contribution in [-0.4, -0.2) is 16.1 Å². The minimum absolute atomic E-state index is 0.119. The van der Waals surface area contributed by atoms with E-state index in [4.69, 9.17) is 12.2 Å². The van der Waals surface area contributed by atoms with Gasteiger partial charge in [-0.05, 0) is 42.0 Å². The Morgan fingerprint density at radius 2 is 1.77 bits per heavy atom. The molecule has 2 aromatic rings. The molecular weight excluding hydrogens is 305 g/mol. The lowest BCUT2D eigenvalue weighted by molar-refractivity contribution is 0.0941. The Bertz CT molecular complexity index is 677. The number of para-hydroxylation sites is 1. The van der Waals surface area contributed by atoms with E-state index in [1.807, 2.05) is 0 Å². The first-order valence-electron chi connectivity index (χ1n) is 6.43. The van der Waals surface area contributed by atoms with Crippen molar-refractivity contribution < 1.29 is 14.3 Å². The molecule has 0 bridgehead atoms. The number of nitrogens with one attached hydrogen (secondary N) is 3. The van der Waals surface area contributed by atoms with Gasteiger partial charge in [0.25, 0.3) is 5.91 Å². The van der Waals surface area contributed by atoms with Gasteiger partial charge in [-0.3, -0.25) is 15.6 Å². The lowest BCUT2D eigenvalue weighted by Crippen LogP contribution is -2.46. The minimum Gasteiger partial charge on any atom is -0.507 e.